The third-order valence-electron chi connectivity index (χ3n) is 6.21. The third kappa shape index (κ3) is 4.77. The van der Waals surface area contributed by atoms with E-state index in [9.17, 15) is 9.90 Å². The van der Waals surface area contributed by atoms with Crippen molar-refractivity contribution in [2.75, 3.05) is 0 Å². The molecule has 1 saturated carbocycles. The van der Waals surface area contributed by atoms with Crippen molar-refractivity contribution in [1.29, 1.82) is 0 Å². The summed E-state index contributed by atoms with van der Waals surface area (Å²) in [6.07, 6.45) is 8.02. The first-order valence-electron chi connectivity index (χ1n) is 9.86. The predicted octanol–water partition coefficient (Wildman–Crippen LogP) is 5.96. The standard InChI is InChI=1S/C22H34O3/c1-5-21(4,16-17(3)18-10-12-19(23)13-11-18)20(24)25-22(6-2)14-8-7-9-15-22/h10-13,17,23H,5-9,14-16H2,1-4H3. The van der Waals surface area contributed by atoms with Gasteiger partial charge in [-0.2, -0.15) is 0 Å². The van der Waals surface area contributed by atoms with E-state index in [1.54, 1.807) is 12.1 Å². The molecule has 1 aliphatic rings. The molecule has 1 aromatic rings. The summed E-state index contributed by atoms with van der Waals surface area (Å²) < 4.78 is 6.16. The summed E-state index contributed by atoms with van der Waals surface area (Å²) in [7, 11) is 0. The maximum absolute atomic E-state index is 13.1. The number of carbonyl (C=O) groups excluding carboxylic acids is 1. The molecule has 0 bridgehead atoms. The number of carbonyl (C=O) groups is 1. The minimum absolute atomic E-state index is 0.0376. The molecule has 1 aliphatic carbocycles. The number of phenolic OH excluding ortho intramolecular Hbond substituents is 1. The van der Waals surface area contributed by atoms with E-state index in [-0.39, 0.29) is 23.2 Å². The lowest BCUT2D eigenvalue weighted by atomic mass is 9.76. The molecule has 0 spiro atoms. The van der Waals surface area contributed by atoms with Gasteiger partial charge in [-0.05, 0) is 75.5 Å². The van der Waals surface area contributed by atoms with Gasteiger partial charge in [-0.25, -0.2) is 0 Å². The first kappa shape index (κ1) is 19.8. The van der Waals surface area contributed by atoms with E-state index < -0.39 is 5.41 Å². The van der Waals surface area contributed by atoms with Crippen LogP contribution in [-0.4, -0.2) is 16.7 Å². The molecule has 0 heterocycles. The van der Waals surface area contributed by atoms with Gasteiger partial charge in [0.1, 0.15) is 11.4 Å². The Morgan fingerprint density at radius 3 is 2.32 bits per heavy atom. The van der Waals surface area contributed by atoms with Crippen molar-refractivity contribution in [2.24, 2.45) is 5.41 Å². The van der Waals surface area contributed by atoms with Crippen LogP contribution < -0.4 is 0 Å². The smallest absolute Gasteiger partial charge is 0.312 e. The SMILES string of the molecule is CCC1(OC(=O)C(C)(CC)CC(C)c2ccc(O)cc2)CCCCC1. The van der Waals surface area contributed by atoms with E-state index >= 15 is 0 Å². The normalized spacial score (nSPS) is 20.5. The summed E-state index contributed by atoms with van der Waals surface area (Å²) in [5.41, 5.74) is 0.429. The number of ether oxygens (including phenoxy) is 1. The molecule has 2 atom stereocenters. The third-order valence-corrected chi connectivity index (χ3v) is 6.21. The van der Waals surface area contributed by atoms with E-state index in [2.05, 4.69) is 20.8 Å². The minimum Gasteiger partial charge on any atom is -0.508 e. The van der Waals surface area contributed by atoms with Gasteiger partial charge in [-0.1, -0.05) is 39.3 Å². The Balaban J connectivity index is 2.09. The second-order valence-corrected chi connectivity index (χ2v) is 8.10. The Hall–Kier alpha value is -1.51. The Morgan fingerprint density at radius 2 is 1.80 bits per heavy atom. The average molecular weight is 347 g/mol. The summed E-state index contributed by atoms with van der Waals surface area (Å²) in [4.78, 5) is 13.1. The topological polar surface area (TPSA) is 46.5 Å². The largest absolute Gasteiger partial charge is 0.508 e. The highest BCUT2D eigenvalue weighted by Crippen LogP contribution is 2.40. The van der Waals surface area contributed by atoms with Crippen LogP contribution in [-0.2, 0) is 9.53 Å². The van der Waals surface area contributed by atoms with Gasteiger partial charge in [-0.15, -0.1) is 0 Å². The van der Waals surface area contributed by atoms with Crippen LogP contribution in [0.4, 0.5) is 0 Å². The Labute approximate surface area is 152 Å². The molecule has 0 saturated heterocycles. The number of phenols is 1. The molecule has 140 valence electrons. The number of hydrogen-bond acceptors (Lipinski definition) is 3. The maximum Gasteiger partial charge on any atom is 0.312 e. The number of benzene rings is 1. The van der Waals surface area contributed by atoms with Crippen molar-refractivity contribution in [1.82, 2.24) is 0 Å². The quantitative estimate of drug-likeness (QED) is 0.620. The van der Waals surface area contributed by atoms with Crippen molar-refractivity contribution in [3.63, 3.8) is 0 Å². The summed E-state index contributed by atoms with van der Waals surface area (Å²) in [6, 6.07) is 7.30. The molecule has 2 rings (SSSR count). The van der Waals surface area contributed by atoms with Crippen LogP contribution >= 0.6 is 0 Å². The summed E-state index contributed by atoms with van der Waals surface area (Å²) in [5.74, 6) is 0.474. The Bertz CT molecular complexity index is 557. The molecule has 25 heavy (non-hydrogen) atoms. The van der Waals surface area contributed by atoms with E-state index in [4.69, 9.17) is 4.74 Å². The van der Waals surface area contributed by atoms with Gasteiger partial charge in [0.2, 0.25) is 0 Å². The van der Waals surface area contributed by atoms with E-state index in [0.29, 0.717) is 0 Å². The van der Waals surface area contributed by atoms with Crippen LogP contribution in [0.3, 0.4) is 0 Å². The van der Waals surface area contributed by atoms with Crippen LogP contribution in [0.1, 0.15) is 90.5 Å². The lowest BCUT2D eigenvalue weighted by Gasteiger charge is -2.40. The molecular formula is C22H34O3. The number of aromatic hydroxyl groups is 1. The molecule has 0 radical (unpaired) electrons. The van der Waals surface area contributed by atoms with E-state index in [0.717, 1.165) is 50.5 Å². The zero-order valence-corrected chi connectivity index (χ0v) is 16.3. The van der Waals surface area contributed by atoms with Crippen LogP contribution in [0.5, 0.6) is 5.75 Å². The highest BCUT2D eigenvalue weighted by atomic mass is 16.6. The fourth-order valence-electron chi connectivity index (χ4n) is 4.01. The van der Waals surface area contributed by atoms with E-state index in [1.807, 2.05) is 19.1 Å². The molecule has 0 aromatic heterocycles. The monoisotopic (exact) mass is 346 g/mol. The number of hydrogen-bond donors (Lipinski definition) is 1. The lowest BCUT2D eigenvalue weighted by molar-refractivity contribution is -0.176. The maximum atomic E-state index is 13.1. The van der Waals surface area contributed by atoms with Gasteiger partial charge in [0.05, 0.1) is 5.41 Å². The van der Waals surface area contributed by atoms with Gasteiger partial charge in [0, 0.05) is 0 Å². The Kier molecular flexibility index (Phi) is 6.53. The Morgan fingerprint density at radius 1 is 1.20 bits per heavy atom. The van der Waals surface area contributed by atoms with Gasteiger partial charge < -0.3 is 9.84 Å². The molecule has 3 nitrogen and oxygen atoms in total. The fraction of sp³-hybridized carbons (Fsp3) is 0.682. The zero-order valence-electron chi connectivity index (χ0n) is 16.3. The molecule has 1 aromatic carbocycles. The van der Waals surface area contributed by atoms with E-state index in [1.165, 1.54) is 6.42 Å². The lowest BCUT2D eigenvalue weighted by Crippen LogP contribution is -2.42. The van der Waals surface area contributed by atoms with Crippen molar-refractivity contribution in [3.05, 3.63) is 29.8 Å². The summed E-state index contributed by atoms with van der Waals surface area (Å²) in [5, 5.41) is 9.47. The first-order chi connectivity index (χ1) is 11.8. The number of rotatable bonds is 7. The molecule has 0 aliphatic heterocycles. The second-order valence-electron chi connectivity index (χ2n) is 8.10. The average Bonchev–Trinajstić information content (AvgIpc) is 2.62. The van der Waals surface area contributed by atoms with Crippen molar-refractivity contribution < 1.29 is 14.6 Å². The van der Waals surface area contributed by atoms with Crippen LogP contribution in [0.25, 0.3) is 0 Å². The van der Waals surface area contributed by atoms with Gasteiger partial charge in [0.25, 0.3) is 0 Å². The van der Waals surface area contributed by atoms with Crippen LogP contribution in [0, 0.1) is 5.41 Å². The van der Waals surface area contributed by atoms with Crippen LogP contribution in [0.2, 0.25) is 0 Å². The van der Waals surface area contributed by atoms with Gasteiger partial charge >= 0.3 is 5.97 Å². The first-order valence-corrected chi connectivity index (χ1v) is 9.86. The van der Waals surface area contributed by atoms with Crippen molar-refractivity contribution in [2.45, 2.75) is 90.6 Å². The molecule has 3 heteroatoms. The predicted molar refractivity (Wildman–Crippen MR) is 102 cm³/mol. The van der Waals surface area contributed by atoms with Crippen molar-refractivity contribution in [3.8, 4) is 5.75 Å². The number of esters is 1. The van der Waals surface area contributed by atoms with Gasteiger partial charge in [-0.3, -0.25) is 4.79 Å². The molecular weight excluding hydrogens is 312 g/mol. The second kappa shape index (κ2) is 8.25. The zero-order chi connectivity index (χ0) is 18.5. The van der Waals surface area contributed by atoms with Crippen molar-refractivity contribution >= 4 is 5.97 Å². The molecule has 2 unspecified atom stereocenters. The molecule has 0 amide bonds. The van der Waals surface area contributed by atoms with Gasteiger partial charge in [0.15, 0.2) is 0 Å². The highest BCUT2D eigenvalue weighted by Gasteiger charge is 2.41. The molecule has 1 fully saturated rings. The summed E-state index contributed by atoms with van der Waals surface area (Å²) >= 11 is 0. The minimum atomic E-state index is -0.475. The fourth-order valence-corrected chi connectivity index (χ4v) is 4.01. The highest BCUT2D eigenvalue weighted by molar-refractivity contribution is 5.77. The van der Waals surface area contributed by atoms with Crippen LogP contribution in [0.15, 0.2) is 24.3 Å². The molecule has 1 N–H and O–H groups in total. The summed E-state index contributed by atoms with van der Waals surface area (Å²) in [6.45, 7) is 8.40.